The van der Waals surface area contributed by atoms with E-state index in [1.807, 2.05) is 12.1 Å². The van der Waals surface area contributed by atoms with Gasteiger partial charge in [-0.2, -0.15) is 0 Å². The van der Waals surface area contributed by atoms with Crippen molar-refractivity contribution in [1.29, 1.82) is 0 Å². The summed E-state index contributed by atoms with van der Waals surface area (Å²) < 4.78 is 18.8. The third-order valence-corrected chi connectivity index (χ3v) is 3.32. The Kier molecular flexibility index (Phi) is 4.69. The van der Waals surface area contributed by atoms with E-state index in [0.29, 0.717) is 0 Å². The highest BCUT2D eigenvalue weighted by Gasteiger charge is 2.27. The van der Waals surface area contributed by atoms with Crippen LogP contribution in [0.2, 0.25) is 0 Å². The first-order valence-electron chi connectivity index (χ1n) is 6.49. The van der Waals surface area contributed by atoms with Crippen molar-refractivity contribution in [2.75, 3.05) is 33.3 Å². The number of nitrogens with zero attached hydrogens (tertiary/aromatic N) is 1. The minimum Gasteiger partial charge on any atom is -0.374 e. The second-order valence-corrected chi connectivity index (χ2v) is 4.76. The highest BCUT2D eigenvalue weighted by atomic mass is 19.1. The topological polar surface area (TPSA) is 24.5 Å². The Labute approximate surface area is 108 Å². The molecule has 1 aliphatic rings. The average Bonchev–Trinajstić information content (AvgIpc) is 2.37. The average molecular weight is 252 g/mol. The van der Waals surface area contributed by atoms with E-state index in [9.17, 15) is 4.39 Å². The van der Waals surface area contributed by atoms with E-state index >= 15 is 0 Å². The van der Waals surface area contributed by atoms with E-state index in [2.05, 4.69) is 24.2 Å². The van der Waals surface area contributed by atoms with Gasteiger partial charge in [-0.3, -0.25) is 0 Å². The molecule has 0 amide bonds. The second kappa shape index (κ2) is 6.27. The zero-order valence-electron chi connectivity index (χ0n) is 11.0. The fourth-order valence-corrected chi connectivity index (χ4v) is 2.37. The number of rotatable bonds is 4. The van der Waals surface area contributed by atoms with E-state index in [-0.39, 0.29) is 18.0 Å². The van der Waals surface area contributed by atoms with Crippen molar-refractivity contribution in [3.63, 3.8) is 0 Å². The predicted molar refractivity (Wildman–Crippen MR) is 70.1 cm³/mol. The standard InChI is InChI=1S/C14H21FN2O/c1-3-16-14(11-4-6-12(15)7-5-11)13-10-17(2)8-9-18-13/h4-7,13-14,16H,3,8-10H2,1-2H3. The van der Waals surface area contributed by atoms with Crippen molar-refractivity contribution in [2.24, 2.45) is 0 Å². The monoisotopic (exact) mass is 252 g/mol. The lowest BCUT2D eigenvalue weighted by atomic mass is 10.00. The van der Waals surface area contributed by atoms with Crippen LogP contribution >= 0.6 is 0 Å². The van der Waals surface area contributed by atoms with E-state index in [1.54, 1.807) is 0 Å². The molecule has 18 heavy (non-hydrogen) atoms. The maximum Gasteiger partial charge on any atom is 0.123 e. The van der Waals surface area contributed by atoms with Crippen molar-refractivity contribution >= 4 is 0 Å². The number of morpholine rings is 1. The first kappa shape index (κ1) is 13.5. The molecule has 1 aromatic carbocycles. The van der Waals surface area contributed by atoms with Gasteiger partial charge in [-0.25, -0.2) is 4.39 Å². The van der Waals surface area contributed by atoms with Crippen LogP contribution in [0.15, 0.2) is 24.3 Å². The first-order chi connectivity index (χ1) is 8.70. The molecule has 2 atom stereocenters. The first-order valence-corrected chi connectivity index (χ1v) is 6.49. The largest absolute Gasteiger partial charge is 0.374 e. The van der Waals surface area contributed by atoms with Gasteiger partial charge in [-0.15, -0.1) is 0 Å². The summed E-state index contributed by atoms with van der Waals surface area (Å²) in [6, 6.07) is 6.80. The SMILES string of the molecule is CCNC(c1ccc(F)cc1)C1CN(C)CCO1. The van der Waals surface area contributed by atoms with Gasteiger partial charge in [0, 0.05) is 13.1 Å². The number of halogens is 1. The van der Waals surface area contributed by atoms with Gasteiger partial charge in [0.25, 0.3) is 0 Å². The van der Waals surface area contributed by atoms with Gasteiger partial charge in [0.05, 0.1) is 18.8 Å². The Hall–Kier alpha value is -0.970. The Morgan fingerprint density at radius 3 is 2.78 bits per heavy atom. The molecule has 0 saturated carbocycles. The van der Waals surface area contributed by atoms with Crippen molar-refractivity contribution in [1.82, 2.24) is 10.2 Å². The smallest absolute Gasteiger partial charge is 0.123 e. The Bertz CT molecular complexity index is 369. The van der Waals surface area contributed by atoms with Gasteiger partial charge in [-0.1, -0.05) is 19.1 Å². The zero-order chi connectivity index (χ0) is 13.0. The molecule has 100 valence electrons. The lowest BCUT2D eigenvalue weighted by Crippen LogP contribution is -2.46. The molecule has 3 nitrogen and oxygen atoms in total. The maximum absolute atomic E-state index is 13.0. The normalized spacial score (nSPS) is 22.9. The summed E-state index contributed by atoms with van der Waals surface area (Å²) in [4.78, 5) is 2.27. The lowest BCUT2D eigenvalue weighted by molar-refractivity contribution is -0.0390. The summed E-state index contributed by atoms with van der Waals surface area (Å²) in [6.07, 6.45) is 0.120. The Morgan fingerprint density at radius 1 is 1.44 bits per heavy atom. The van der Waals surface area contributed by atoms with Gasteiger partial charge in [-0.05, 0) is 31.3 Å². The summed E-state index contributed by atoms with van der Waals surface area (Å²) in [5, 5.41) is 3.43. The van der Waals surface area contributed by atoms with Crippen molar-refractivity contribution in [3.8, 4) is 0 Å². The molecular formula is C14H21FN2O. The molecule has 0 aliphatic carbocycles. The van der Waals surface area contributed by atoms with Crippen LogP contribution in [0.3, 0.4) is 0 Å². The van der Waals surface area contributed by atoms with Crippen LogP contribution < -0.4 is 5.32 Å². The molecule has 1 fully saturated rings. The molecular weight excluding hydrogens is 231 g/mol. The zero-order valence-corrected chi connectivity index (χ0v) is 11.0. The maximum atomic E-state index is 13.0. The Balaban J connectivity index is 2.13. The third-order valence-electron chi connectivity index (χ3n) is 3.32. The molecule has 0 bridgehead atoms. The van der Waals surface area contributed by atoms with Crippen molar-refractivity contribution < 1.29 is 9.13 Å². The number of ether oxygens (including phenoxy) is 1. The number of hydrogen-bond donors (Lipinski definition) is 1. The molecule has 1 saturated heterocycles. The highest BCUT2D eigenvalue weighted by molar-refractivity contribution is 5.21. The number of benzene rings is 1. The summed E-state index contributed by atoms with van der Waals surface area (Å²) in [6.45, 7) is 5.56. The van der Waals surface area contributed by atoms with Gasteiger partial charge >= 0.3 is 0 Å². The van der Waals surface area contributed by atoms with Crippen LogP contribution in [0.4, 0.5) is 4.39 Å². The molecule has 2 unspecified atom stereocenters. The molecule has 2 rings (SSSR count). The second-order valence-electron chi connectivity index (χ2n) is 4.76. The molecule has 0 radical (unpaired) electrons. The summed E-state index contributed by atoms with van der Waals surface area (Å²) in [7, 11) is 2.10. The van der Waals surface area contributed by atoms with Crippen LogP contribution in [-0.2, 0) is 4.74 Å². The van der Waals surface area contributed by atoms with E-state index in [4.69, 9.17) is 4.74 Å². The third kappa shape index (κ3) is 3.28. The minimum absolute atomic E-state index is 0.120. The minimum atomic E-state index is -0.198. The van der Waals surface area contributed by atoms with Crippen LogP contribution in [-0.4, -0.2) is 44.3 Å². The molecule has 1 aromatic rings. The quantitative estimate of drug-likeness (QED) is 0.884. The fourth-order valence-electron chi connectivity index (χ4n) is 2.37. The lowest BCUT2D eigenvalue weighted by Gasteiger charge is -2.35. The van der Waals surface area contributed by atoms with Gasteiger partial charge < -0.3 is 15.0 Å². The number of nitrogens with one attached hydrogen (secondary N) is 1. The summed E-state index contributed by atoms with van der Waals surface area (Å²) >= 11 is 0. The molecule has 1 aliphatic heterocycles. The summed E-state index contributed by atoms with van der Waals surface area (Å²) in [5.74, 6) is -0.198. The van der Waals surface area contributed by atoms with E-state index < -0.39 is 0 Å². The van der Waals surface area contributed by atoms with E-state index in [1.165, 1.54) is 12.1 Å². The molecule has 0 aromatic heterocycles. The molecule has 4 heteroatoms. The van der Waals surface area contributed by atoms with Crippen LogP contribution in [0, 0.1) is 5.82 Å². The Morgan fingerprint density at radius 2 is 2.17 bits per heavy atom. The number of likely N-dealkylation sites (N-methyl/N-ethyl adjacent to an activating group) is 2. The van der Waals surface area contributed by atoms with Gasteiger partial charge in [0.1, 0.15) is 5.82 Å². The van der Waals surface area contributed by atoms with Crippen LogP contribution in [0.1, 0.15) is 18.5 Å². The van der Waals surface area contributed by atoms with Crippen molar-refractivity contribution in [2.45, 2.75) is 19.1 Å². The van der Waals surface area contributed by atoms with Crippen LogP contribution in [0.25, 0.3) is 0 Å². The van der Waals surface area contributed by atoms with Gasteiger partial charge in [0.15, 0.2) is 0 Å². The van der Waals surface area contributed by atoms with E-state index in [0.717, 1.165) is 31.8 Å². The summed E-state index contributed by atoms with van der Waals surface area (Å²) in [5.41, 5.74) is 1.08. The number of hydrogen-bond acceptors (Lipinski definition) is 3. The fraction of sp³-hybridized carbons (Fsp3) is 0.571. The highest BCUT2D eigenvalue weighted by Crippen LogP contribution is 2.22. The molecule has 1 heterocycles. The van der Waals surface area contributed by atoms with Crippen molar-refractivity contribution in [3.05, 3.63) is 35.6 Å². The van der Waals surface area contributed by atoms with Crippen LogP contribution in [0.5, 0.6) is 0 Å². The predicted octanol–water partition coefficient (Wildman–Crippen LogP) is 1.81. The molecule has 1 N–H and O–H groups in total. The van der Waals surface area contributed by atoms with Gasteiger partial charge in [0.2, 0.25) is 0 Å². The molecule has 0 spiro atoms.